The highest BCUT2D eigenvalue weighted by atomic mass is 16.5. The number of carboxylic acid groups (broad SMARTS) is 1. The molecule has 0 aliphatic carbocycles. The molecule has 9 nitrogen and oxygen atoms in total. The Bertz CT molecular complexity index is 1120. The summed E-state index contributed by atoms with van der Waals surface area (Å²) in [4.78, 5) is 27.6. The van der Waals surface area contributed by atoms with Crippen LogP contribution in [0.1, 0.15) is 16.2 Å². The summed E-state index contributed by atoms with van der Waals surface area (Å²) in [7, 11) is 1.58. The number of aromatic carboxylic acids is 1. The third-order valence-electron chi connectivity index (χ3n) is 3.87. The van der Waals surface area contributed by atoms with Gasteiger partial charge in [0.1, 0.15) is 29.3 Å². The van der Waals surface area contributed by atoms with E-state index in [9.17, 15) is 4.79 Å². The third kappa shape index (κ3) is 3.58. The number of hydrogen-bond donors (Lipinski definition) is 1. The standard InChI is InChI=1S/C19H14N4O5/c1-26-13-4-3-12(20-8-13)10-27-14-6-16-18(22-9-14)28-17(23-16)11-2-5-15(19(24)25)21-7-11/h2-9H,10H2,1H3,(H,24,25). The van der Waals surface area contributed by atoms with Crippen LogP contribution in [0.5, 0.6) is 11.5 Å². The number of ether oxygens (including phenoxy) is 2. The van der Waals surface area contributed by atoms with Gasteiger partial charge in [0.05, 0.1) is 30.8 Å². The molecule has 4 heterocycles. The fourth-order valence-corrected chi connectivity index (χ4v) is 2.43. The Morgan fingerprint density at radius 3 is 2.61 bits per heavy atom. The molecule has 0 spiro atoms. The van der Waals surface area contributed by atoms with Gasteiger partial charge in [0.15, 0.2) is 0 Å². The van der Waals surface area contributed by atoms with E-state index in [1.165, 1.54) is 18.5 Å². The third-order valence-corrected chi connectivity index (χ3v) is 3.87. The molecular formula is C19H14N4O5. The summed E-state index contributed by atoms with van der Waals surface area (Å²) >= 11 is 0. The fraction of sp³-hybridized carbons (Fsp3) is 0.105. The highest BCUT2D eigenvalue weighted by Gasteiger charge is 2.12. The molecular weight excluding hydrogens is 364 g/mol. The second-order valence-corrected chi connectivity index (χ2v) is 5.73. The Kier molecular flexibility index (Phi) is 4.55. The maximum atomic E-state index is 10.9. The Morgan fingerprint density at radius 2 is 1.93 bits per heavy atom. The van der Waals surface area contributed by atoms with Gasteiger partial charge in [-0.15, -0.1) is 0 Å². The van der Waals surface area contributed by atoms with Crippen molar-refractivity contribution in [2.75, 3.05) is 7.11 Å². The van der Waals surface area contributed by atoms with Gasteiger partial charge in [-0.25, -0.2) is 19.7 Å². The Labute approximate surface area is 158 Å². The molecule has 0 unspecified atom stereocenters. The van der Waals surface area contributed by atoms with Crippen molar-refractivity contribution in [1.29, 1.82) is 0 Å². The number of fused-ring (bicyclic) bond motifs is 1. The van der Waals surface area contributed by atoms with Gasteiger partial charge in [0.25, 0.3) is 0 Å². The molecule has 0 amide bonds. The predicted octanol–water partition coefficient (Wildman–Crippen LogP) is 2.97. The quantitative estimate of drug-likeness (QED) is 0.539. The molecule has 0 fully saturated rings. The van der Waals surface area contributed by atoms with Crippen LogP contribution in [0.25, 0.3) is 22.7 Å². The molecule has 4 rings (SSSR count). The zero-order chi connectivity index (χ0) is 19.5. The van der Waals surface area contributed by atoms with Crippen LogP contribution in [0.2, 0.25) is 0 Å². The van der Waals surface area contributed by atoms with Crippen LogP contribution < -0.4 is 9.47 Å². The molecule has 0 bridgehead atoms. The van der Waals surface area contributed by atoms with Crippen LogP contribution in [-0.2, 0) is 6.61 Å². The second kappa shape index (κ2) is 7.31. The number of pyridine rings is 3. The first-order valence-corrected chi connectivity index (χ1v) is 8.20. The summed E-state index contributed by atoms with van der Waals surface area (Å²) in [5, 5.41) is 8.91. The summed E-state index contributed by atoms with van der Waals surface area (Å²) < 4.78 is 16.4. The number of methoxy groups -OCH3 is 1. The minimum absolute atomic E-state index is 0.0548. The van der Waals surface area contributed by atoms with E-state index in [1.807, 2.05) is 6.07 Å². The van der Waals surface area contributed by atoms with Gasteiger partial charge < -0.3 is 19.0 Å². The number of rotatable bonds is 6. The molecule has 0 saturated heterocycles. The fourth-order valence-electron chi connectivity index (χ4n) is 2.43. The monoisotopic (exact) mass is 378 g/mol. The number of oxazole rings is 1. The first kappa shape index (κ1) is 17.4. The van der Waals surface area contributed by atoms with Crippen molar-refractivity contribution >= 4 is 17.2 Å². The van der Waals surface area contributed by atoms with Gasteiger partial charge in [0.2, 0.25) is 11.6 Å². The van der Waals surface area contributed by atoms with Crippen molar-refractivity contribution in [3.63, 3.8) is 0 Å². The largest absolute Gasteiger partial charge is 0.495 e. The summed E-state index contributed by atoms with van der Waals surface area (Å²) in [6.45, 7) is 0.266. The molecule has 4 aromatic rings. The maximum absolute atomic E-state index is 10.9. The van der Waals surface area contributed by atoms with Crippen LogP contribution in [0.3, 0.4) is 0 Å². The highest BCUT2D eigenvalue weighted by Crippen LogP contribution is 2.25. The first-order valence-electron chi connectivity index (χ1n) is 8.20. The van der Waals surface area contributed by atoms with E-state index in [-0.39, 0.29) is 12.3 Å². The van der Waals surface area contributed by atoms with Crippen molar-refractivity contribution in [2.24, 2.45) is 0 Å². The van der Waals surface area contributed by atoms with Crippen molar-refractivity contribution in [3.8, 4) is 23.0 Å². The summed E-state index contributed by atoms with van der Waals surface area (Å²) in [6.07, 6.45) is 4.54. The molecule has 9 heteroatoms. The van der Waals surface area contributed by atoms with Crippen molar-refractivity contribution in [2.45, 2.75) is 6.61 Å². The molecule has 28 heavy (non-hydrogen) atoms. The summed E-state index contributed by atoms with van der Waals surface area (Å²) in [5.41, 5.74) is 2.09. The molecule has 1 N–H and O–H groups in total. The Balaban J connectivity index is 1.51. The molecule has 0 aliphatic heterocycles. The lowest BCUT2D eigenvalue weighted by Crippen LogP contribution is -1.99. The van der Waals surface area contributed by atoms with Crippen LogP contribution >= 0.6 is 0 Å². The average Bonchev–Trinajstić information content (AvgIpc) is 3.16. The minimum atomic E-state index is -1.10. The molecule has 140 valence electrons. The predicted molar refractivity (Wildman–Crippen MR) is 97.1 cm³/mol. The van der Waals surface area contributed by atoms with E-state index >= 15 is 0 Å². The topological polar surface area (TPSA) is 120 Å². The lowest BCUT2D eigenvalue weighted by Gasteiger charge is -2.05. The van der Waals surface area contributed by atoms with Crippen molar-refractivity contribution in [3.05, 3.63) is 60.3 Å². The van der Waals surface area contributed by atoms with Gasteiger partial charge in [-0.1, -0.05) is 0 Å². The number of aromatic nitrogens is 4. The van der Waals surface area contributed by atoms with E-state index in [4.69, 9.17) is 19.0 Å². The Morgan fingerprint density at radius 1 is 1.07 bits per heavy atom. The molecule has 0 atom stereocenters. The summed E-state index contributed by atoms with van der Waals surface area (Å²) in [5.74, 6) is 0.386. The number of nitrogens with zero attached hydrogens (tertiary/aromatic N) is 4. The van der Waals surface area contributed by atoms with E-state index in [0.29, 0.717) is 34.2 Å². The molecule has 0 aromatic carbocycles. The number of carboxylic acids is 1. The first-order chi connectivity index (χ1) is 13.6. The van der Waals surface area contributed by atoms with Crippen LogP contribution in [0, 0.1) is 0 Å². The Hall–Kier alpha value is -4.01. The minimum Gasteiger partial charge on any atom is -0.495 e. The van der Waals surface area contributed by atoms with E-state index < -0.39 is 5.97 Å². The van der Waals surface area contributed by atoms with Crippen molar-refractivity contribution < 1.29 is 23.8 Å². The smallest absolute Gasteiger partial charge is 0.354 e. The molecule has 0 radical (unpaired) electrons. The van der Waals surface area contributed by atoms with Gasteiger partial charge in [-0.3, -0.25) is 4.98 Å². The van der Waals surface area contributed by atoms with Gasteiger partial charge in [-0.05, 0) is 24.3 Å². The molecule has 4 aromatic heterocycles. The molecule has 0 saturated carbocycles. The zero-order valence-corrected chi connectivity index (χ0v) is 14.7. The SMILES string of the molecule is COc1ccc(COc2cnc3oc(-c4ccc(C(=O)O)nc4)nc3c2)nc1. The molecule has 0 aliphatic rings. The zero-order valence-electron chi connectivity index (χ0n) is 14.7. The summed E-state index contributed by atoms with van der Waals surface area (Å²) in [6, 6.07) is 8.29. The number of carbonyl (C=O) groups is 1. The van der Waals surface area contributed by atoms with E-state index in [1.54, 1.807) is 31.5 Å². The maximum Gasteiger partial charge on any atom is 0.354 e. The van der Waals surface area contributed by atoms with E-state index in [2.05, 4.69) is 19.9 Å². The van der Waals surface area contributed by atoms with Gasteiger partial charge in [0, 0.05) is 12.3 Å². The lowest BCUT2D eigenvalue weighted by atomic mass is 10.2. The van der Waals surface area contributed by atoms with Crippen LogP contribution in [0.15, 0.2) is 53.3 Å². The highest BCUT2D eigenvalue weighted by molar-refractivity contribution is 5.85. The second-order valence-electron chi connectivity index (χ2n) is 5.73. The average molecular weight is 378 g/mol. The van der Waals surface area contributed by atoms with Crippen LogP contribution in [0.4, 0.5) is 0 Å². The van der Waals surface area contributed by atoms with Gasteiger partial charge in [-0.2, -0.15) is 0 Å². The van der Waals surface area contributed by atoms with E-state index in [0.717, 1.165) is 5.69 Å². The van der Waals surface area contributed by atoms with Crippen LogP contribution in [-0.4, -0.2) is 38.1 Å². The normalized spacial score (nSPS) is 10.8. The van der Waals surface area contributed by atoms with Gasteiger partial charge >= 0.3 is 5.97 Å². The van der Waals surface area contributed by atoms with Crippen molar-refractivity contribution in [1.82, 2.24) is 19.9 Å². The number of hydrogen-bond acceptors (Lipinski definition) is 8. The lowest BCUT2D eigenvalue weighted by molar-refractivity contribution is 0.0690.